The van der Waals surface area contributed by atoms with Crippen LogP contribution in [0.25, 0.3) is 0 Å². The lowest BCUT2D eigenvalue weighted by Crippen LogP contribution is -2.39. The lowest BCUT2D eigenvalue weighted by Gasteiger charge is -2.25. The number of rotatable bonds is 4. The lowest BCUT2D eigenvalue weighted by atomic mass is 10.1. The van der Waals surface area contributed by atoms with Gasteiger partial charge in [0.05, 0.1) is 16.5 Å². The summed E-state index contributed by atoms with van der Waals surface area (Å²) in [5, 5.41) is 8.92. The van der Waals surface area contributed by atoms with Crippen molar-refractivity contribution in [2.45, 2.75) is 30.7 Å². The minimum atomic E-state index is -3.50. The summed E-state index contributed by atoms with van der Waals surface area (Å²) < 4.78 is 26.6. The van der Waals surface area contributed by atoms with E-state index in [2.05, 4.69) is 11.0 Å². The van der Waals surface area contributed by atoms with Crippen LogP contribution in [-0.2, 0) is 10.0 Å². The largest absolute Gasteiger partial charge is 0.302 e. The van der Waals surface area contributed by atoms with Gasteiger partial charge in [-0.25, -0.2) is 8.42 Å². The van der Waals surface area contributed by atoms with Gasteiger partial charge in [0.15, 0.2) is 0 Å². The second kappa shape index (κ2) is 6.14. The van der Waals surface area contributed by atoms with Crippen LogP contribution < -0.4 is 0 Å². The van der Waals surface area contributed by atoms with Crippen molar-refractivity contribution >= 4 is 10.0 Å². The SMILES string of the molecule is Cc1cc(S(=O)(=O)N(C)CC2CCCN2C)ccc1C#N. The molecule has 0 aromatic heterocycles. The van der Waals surface area contributed by atoms with Crippen LogP contribution >= 0.6 is 0 Å². The molecular weight excluding hydrogens is 286 g/mol. The van der Waals surface area contributed by atoms with E-state index in [4.69, 9.17) is 5.26 Å². The van der Waals surface area contributed by atoms with Crippen LogP contribution in [-0.4, -0.2) is 50.8 Å². The maximum absolute atomic E-state index is 12.6. The van der Waals surface area contributed by atoms with E-state index in [1.807, 2.05) is 7.05 Å². The Morgan fingerprint density at radius 2 is 2.19 bits per heavy atom. The molecule has 0 amide bonds. The number of aryl methyl sites for hydroxylation is 1. The minimum Gasteiger partial charge on any atom is -0.302 e. The molecule has 21 heavy (non-hydrogen) atoms. The van der Waals surface area contributed by atoms with Crippen molar-refractivity contribution < 1.29 is 8.42 Å². The predicted octanol–water partition coefficient (Wildman–Crippen LogP) is 1.58. The molecule has 0 N–H and O–H groups in total. The Bertz CT molecular complexity index is 664. The normalized spacial score (nSPS) is 19.9. The first-order valence-corrected chi connectivity index (χ1v) is 8.47. The van der Waals surface area contributed by atoms with E-state index in [1.165, 1.54) is 10.4 Å². The Hall–Kier alpha value is -1.42. The summed E-state index contributed by atoms with van der Waals surface area (Å²) in [6, 6.07) is 6.98. The van der Waals surface area contributed by atoms with Crippen molar-refractivity contribution in [3.8, 4) is 6.07 Å². The van der Waals surface area contributed by atoms with E-state index in [0.29, 0.717) is 17.7 Å². The Morgan fingerprint density at radius 1 is 1.48 bits per heavy atom. The van der Waals surface area contributed by atoms with E-state index in [9.17, 15) is 8.42 Å². The minimum absolute atomic E-state index is 0.252. The molecule has 1 saturated heterocycles. The van der Waals surface area contributed by atoms with Crippen LogP contribution in [0.4, 0.5) is 0 Å². The Morgan fingerprint density at radius 3 is 2.71 bits per heavy atom. The van der Waals surface area contributed by atoms with Gasteiger partial charge in [0.2, 0.25) is 10.0 Å². The number of hydrogen-bond acceptors (Lipinski definition) is 4. The third kappa shape index (κ3) is 3.26. The molecule has 1 aromatic carbocycles. The number of nitriles is 1. The number of nitrogens with zero attached hydrogens (tertiary/aromatic N) is 3. The zero-order valence-electron chi connectivity index (χ0n) is 12.7. The lowest BCUT2D eigenvalue weighted by molar-refractivity contribution is 0.271. The first kappa shape index (κ1) is 16.0. The zero-order valence-corrected chi connectivity index (χ0v) is 13.5. The van der Waals surface area contributed by atoms with Gasteiger partial charge in [-0.1, -0.05) is 0 Å². The zero-order chi connectivity index (χ0) is 15.6. The summed E-state index contributed by atoms with van der Waals surface area (Å²) in [7, 11) is 0.152. The van der Waals surface area contributed by atoms with Crippen molar-refractivity contribution in [1.29, 1.82) is 5.26 Å². The molecule has 0 saturated carbocycles. The molecule has 1 fully saturated rings. The summed E-state index contributed by atoms with van der Waals surface area (Å²) in [5.74, 6) is 0. The molecule has 1 atom stereocenters. The highest BCUT2D eigenvalue weighted by atomic mass is 32.2. The standard InChI is InChI=1S/C15H21N3O2S/c1-12-9-15(7-6-13(12)10-16)21(19,20)18(3)11-14-5-4-8-17(14)2/h6-7,9,14H,4-5,8,11H2,1-3H3. The number of sulfonamides is 1. The van der Waals surface area contributed by atoms with E-state index < -0.39 is 10.0 Å². The molecule has 1 unspecified atom stereocenters. The molecule has 1 heterocycles. The summed E-state index contributed by atoms with van der Waals surface area (Å²) >= 11 is 0. The van der Waals surface area contributed by atoms with E-state index >= 15 is 0 Å². The molecule has 2 rings (SSSR count). The van der Waals surface area contributed by atoms with Gasteiger partial charge in [0, 0.05) is 19.6 Å². The van der Waals surface area contributed by atoms with E-state index in [0.717, 1.165) is 19.4 Å². The Balaban J connectivity index is 2.21. The summed E-state index contributed by atoms with van der Waals surface area (Å²) in [4.78, 5) is 2.46. The average molecular weight is 307 g/mol. The van der Waals surface area contributed by atoms with Crippen molar-refractivity contribution in [2.24, 2.45) is 0 Å². The number of benzene rings is 1. The number of likely N-dealkylation sites (N-methyl/N-ethyl adjacent to an activating group) is 2. The molecule has 1 aromatic rings. The van der Waals surface area contributed by atoms with Crippen LogP contribution in [0.15, 0.2) is 23.1 Å². The quantitative estimate of drug-likeness (QED) is 0.847. The monoisotopic (exact) mass is 307 g/mol. The summed E-state index contributed by atoms with van der Waals surface area (Å²) in [6.45, 7) is 3.27. The van der Waals surface area contributed by atoms with Gasteiger partial charge in [-0.3, -0.25) is 0 Å². The molecule has 1 aliphatic rings. The molecule has 0 aliphatic carbocycles. The van der Waals surface area contributed by atoms with Gasteiger partial charge in [-0.2, -0.15) is 9.57 Å². The van der Waals surface area contributed by atoms with Crippen LogP contribution in [0.1, 0.15) is 24.0 Å². The average Bonchev–Trinajstić information content (AvgIpc) is 2.84. The molecule has 114 valence electrons. The molecule has 0 spiro atoms. The van der Waals surface area contributed by atoms with Gasteiger partial charge in [0.1, 0.15) is 0 Å². The fraction of sp³-hybridized carbons (Fsp3) is 0.533. The van der Waals surface area contributed by atoms with Crippen LogP contribution in [0.2, 0.25) is 0 Å². The molecular formula is C15H21N3O2S. The number of hydrogen-bond donors (Lipinski definition) is 0. The first-order chi connectivity index (χ1) is 9.86. The van der Waals surface area contributed by atoms with Gasteiger partial charge in [-0.05, 0) is 57.1 Å². The second-order valence-electron chi connectivity index (χ2n) is 5.65. The van der Waals surface area contributed by atoms with Gasteiger partial charge in [0.25, 0.3) is 0 Å². The van der Waals surface area contributed by atoms with Crippen LogP contribution in [0.5, 0.6) is 0 Å². The maximum atomic E-state index is 12.6. The highest BCUT2D eigenvalue weighted by Gasteiger charge is 2.28. The van der Waals surface area contributed by atoms with Crippen molar-refractivity contribution in [3.05, 3.63) is 29.3 Å². The smallest absolute Gasteiger partial charge is 0.242 e. The third-order valence-electron chi connectivity index (χ3n) is 4.17. The summed E-state index contributed by atoms with van der Waals surface area (Å²) in [6.07, 6.45) is 2.15. The Labute approximate surface area is 126 Å². The van der Waals surface area contributed by atoms with Crippen LogP contribution in [0, 0.1) is 18.3 Å². The fourth-order valence-corrected chi connectivity index (χ4v) is 4.00. The number of likely N-dealkylation sites (tertiary alicyclic amines) is 1. The van der Waals surface area contributed by atoms with Gasteiger partial charge < -0.3 is 4.90 Å². The first-order valence-electron chi connectivity index (χ1n) is 7.03. The maximum Gasteiger partial charge on any atom is 0.242 e. The molecule has 6 heteroatoms. The van der Waals surface area contributed by atoms with Gasteiger partial charge >= 0.3 is 0 Å². The van der Waals surface area contributed by atoms with Crippen molar-refractivity contribution in [2.75, 3.05) is 27.2 Å². The molecule has 0 bridgehead atoms. The predicted molar refractivity (Wildman–Crippen MR) is 81.4 cm³/mol. The van der Waals surface area contributed by atoms with Gasteiger partial charge in [-0.15, -0.1) is 0 Å². The third-order valence-corrected chi connectivity index (χ3v) is 5.99. The van der Waals surface area contributed by atoms with E-state index in [-0.39, 0.29) is 10.9 Å². The summed E-state index contributed by atoms with van der Waals surface area (Å²) in [5.41, 5.74) is 1.19. The second-order valence-corrected chi connectivity index (χ2v) is 7.70. The topological polar surface area (TPSA) is 64.4 Å². The molecule has 5 nitrogen and oxygen atoms in total. The fourth-order valence-electron chi connectivity index (χ4n) is 2.71. The van der Waals surface area contributed by atoms with Crippen molar-refractivity contribution in [1.82, 2.24) is 9.21 Å². The highest BCUT2D eigenvalue weighted by molar-refractivity contribution is 7.89. The molecule has 1 aliphatic heterocycles. The Kier molecular flexibility index (Phi) is 4.67. The van der Waals surface area contributed by atoms with E-state index in [1.54, 1.807) is 26.1 Å². The van der Waals surface area contributed by atoms with Crippen LogP contribution in [0.3, 0.4) is 0 Å². The van der Waals surface area contributed by atoms with Crippen molar-refractivity contribution in [3.63, 3.8) is 0 Å². The molecule has 0 radical (unpaired) electrons. The highest BCUT2D eigenvalue weighted by Crippen LogP contribution is 2.21.